The predicted molar refractivity (Wildman–Crippen MR) is 238 cm³/mol. The molecule has 3 amide bonds. The van der Waals surface area contributed by atoms with Crippen LogP contribution in [0.1, 0.15) is 55.5 Å². The molecule has 2 aliphatic rings. The average Bonchev–Trinajstić information content (AvgIpc) is 3.25. The van der Waals surface area contributed by atoms with Gasteiger partial charge in [0.2, 0.25) is 17.7 Å². The largest absolute Gasteiger partial charge is 0.395 e. The molecule has 4 aromatic rings. The van der Waals surface area contributed by atoms with Crippen molar-refractivity contribution in [1.29, 1.82) is 0 Å². The quantitative estimate of drug-likeness (QED) is 0.155. The number of hydrogen-bond acceptors (Lipinski definition) is 7. The van der Waals surface area contributed by atoms with Crippen molar-refractivity contribution in [1.82, 2.24) is 19.6 Å². The van der Waals surface area contributed by atoms with Crippen molar-refractivity contribution < 1.29 is 19.5 Å². The first-order chi connectivity index (χ1) is 28.4. The number of benzene rings is 4. The Morgan fingerprint density at radius 2 is 1.34 bits per heavy atom. The third-order valence-electron chi connectivity index (χ3n) is 11.7. The van der Waals surface area contributed by atoms with Crippen molar-refractivity contribution in [2.45, 2.75) is 58.7 Å². The van der Waals surface area contributed by atoms with Crippen LogP contribution in [0, 0.1) is 0 Å². The van der Waals surface area contributed by atoms with Crippen LogP contribution in [0.3, 0.4) is 0 Å². The maximum absolute atomic E-state index is 14.8. The summed E-state index contributed by atoms with van der Waals surface area (Å²) >= 11 is 0. The van der Waals surface area contributed by atoms with Gasteiger partial charge in [0.05, 0.1) is 6.61 Å². The first-order valence-corrected chi connectivity index (χ1v) is 21.0. The Hall–Kier alpha value is -5.45. The minimum absolute atomic E-state index is 0.0214. The van der Waals surface area contributed by atoms with E-state index >= 15 is 0 Å². The van der Waals surface area contributed by atoms with E-state index in [1.807, 2.05) is 70.3 Å². The molecule has 312 valence electrons. The number of anilines is 2. The molecule has 6 rings (SSSR count). The molecule has 1 atom stereocenters. The highest BCUT2D eigenvalue weighted by Gasteiger charge is 2.34. The highest BCUT2D eigenvalue weighted by molar-refractivity contribution is 5.96. The van der Waals surface area contributed by atoms with Gasteiger partial charge in [-0.15, -0.1) is 0 Å². The smallest absolute Gasteiger partial charge is 0.247 e. The fourth-order valence-electron chi connectivity index (χ4n) is 7.89. The van der Waals surface area contributed by atoms with Crippen LogP contribution in [0.15, 0.2) is 109 Å². The second-order valence-electron chi connectivity index (χ2n) is 16.9. The van der Waals surface area contributed by atoms with Crippen LogP contribution < -0.4 is 9.80 Å². The van der Waals surface area contributed by atoms with Gasteiger partial charge >= 0.3 is 0 Å². The zero-order valence-corrected chi connectivity index (χ0v) is 35.6. The molecule has 10 heteroatoms. The molecule has 0 saturated carbocycles. The summed E-state index contributed by atoms with van der Waals surface area (Å²) in [6, 6.07) is 34.3. The Labute approximate surface area is 351 Å². The third-order valence-corrected chi connectivity index (χ3v) is 11.7. The van der Waals surface area contributed by atoms with E-state index in [0.717, 1.165) is 60.8 Å². The summed E-state index contributed by atoms with van der Waals surface area (Å²) in [7, 11) is 1.97. The number of aliphatic hydroxyl groups excluding tert-OH is 1. The lowest BCUT2D eigenvalue weighted by atomic mass is 9.87. The topological polar surface area (TPSA) is 90.9 Å². The monoisotopic (exact) mass is 798 g/mol. The predicted octanol–water partition coefficient (Wildman–Crippen LogP) is 6.08. The molecule has 0 aliphatic carbocycles. The van der Waals surface area contributed by atoms with Crippen LogP contribution in [0.25, 0.3) is 6.08 Å². The van der Waals surface area contributed by atoms with Gasteiger partial charge in [-0.25, -0.2) is 0 Å². The molecular formula is C49H62N6O4. The normalized spacial score (nSPS) is 15.7. The lowest BCUT2D eigenvalue weighted by molar-refractivity contribution is -0.145. The van der Waals surface area contributed by atoms with Crippen molar-refractivity contribution in [2.75, 3.05) is 82.4 Å². The second kappa shape index (κ2) is 20.0. The van der Waals surface area contributed by atoms with Crippen LogP contribution >= 0.6 is 0 Å². The van der Waals surface area contributed by atoms with Gasteiger partial charge in [-0.3, -0.25) is 19.3 Å². The molecule has 0 unspecified atom stereocenters. The van der Waals surface area contributed by atoms with E-state index in [-0.39, 0.29) is 36.3 Å². The molecule has 2 fully saturated rings. The fourth-order valence-corrected chi connectivity index (χ4v) is 7.89. The van der Waals surface area contributed by atoms with Gasteiger partial charge in [0.25, 0.3) is 0 Å². The minimum Gasteiger partial charge on any atom is -0.395 e. The van der Waals surface area contributed by atoms with Crippen LogP contribution in [0.2, 0.25) is 0 Å². The van der Waals surface area contributed by atoms with Crippen LogP contribution in [-0.4, -0.2) is 121 Å². The first kappa shape index (κ1) is 43.1. The molecule has 2 aliphatic heterocycles. The van der Waals surface area contributed by atoms with Crippen LogP contribution in [-0.2, 0) is 39.3 Å². The van der Waals surface area contributed by atoms with Gasteiger partial charge in [-0.1, -0.05) is 99.6 Å². The second-order valence-corrected chi connectivity index (χ2v) is 16.9. The highest BCUT2D eigenvalue weighted by atomic mass is 16.3. The van der Waals surface area contributed by atoms with Crippen molar-refractivity contribution in [3.05, 3.63) is 137 Å². The lowest BCUT2D eigenvalue weighted by Crippen LogP contribution is -2.56. The lowest BCUT2D eigenvalue weighted by Gasteiger charge is -2.39. The maximum Gasteiger partial charge on any atom is 0.247 e. The average molecular weight is 799 g/mol. The molecule has 0 radical (unpaired) electrons. The number of rotatable bonds is 14. The van der Waals surface area contributed by atoms with Crippen molar-refractivity contribution in [3.63, 3.8) is 0 Å². The Morgan fingerprint density at radius 3 is 1.93 bits per heavy atom. The molecule has 0 aromatic heterocycles. The zero-order chi connectivity index (χ0) is 41.9. The highest BCUT2D eigenvalue weighted by Crippen LogP contribution is 2.25. The minimum atomic E-state index is -0.716. The Balaban J connectivity index is 1.22. The van der Waals surface area contributed by atoms with E-state index in [1.54, 1.807) is 17.9 Å². The van der Waals surface area contributed by atoms with Crippen molar-refractivity contribution >= 4 is 35.2 Å². The fraction of sp³-hybridized carbons (Fsp3) is 0.408. The van der Waals surface area contributed by atoms with Gasteiger partial charge in [-0.2, -0.15) is 0 Å². The van der Waals surface area contributed by atoms with Crippen molar-refractivity contribution in [3.8, 4) is 0 Å². The van der Waals surface area contributed by atoms with E-state index in [4.69, 9.17) is 0 Å². The molecule has 2 saturated heterocycles. The number of carbonyl (C=O) groups excluding carboxylic acids is 3. The standard InChI is InChI=1S/C49H62N6O4/c1-38(57)52-29-31-53(32-30-52)45-22-15-42(16-23-45)37-55(47(58)24-17-39-11-18-43(19-12-39)49(2,3)4)46(35-40-9-7-6-8-10-40)48(59)54-27-25-51(26-28-54)36-41-13-20-44(21-14-41)50(5)33-34-56/h6-24,46,56H,25-37H2,1-5H3/t46-/m0/s1. The summed E-state index contributed by atoms with van der Waals surface area (Å²) in [5.41, 5.74) is 7.45. The summed E-state index contributed by atoms with van der Waals surface area (Å²) < 4.78 is 0. The van der Waals surface area contributed by atoms with Gasteiger partial charge in [0.15, 0.2) is 0 Å². The number of aliphatic hydroxyl groups is 1. The number of amides is 3. The zero-order valence-electron chi connectivity index (χ0n) is 35.6. The van der Waals surface area contributed by atoms with E-state index < -0.39 is 6.04 Å². The van der Waals surface area contributed by atoms with E-state index in [1.165, 1.54) is 11.1 Å². The molecule has 0 bridgehead atoms. The molecule has 10 nitrogen and oxygen atoms in total. The van der Waals surface area contributed by atoms with E-state index in [0.29, 0.717) is 39.1 Å². The molecule has 59 heavy (non-hydrogen) atoms. The number of hydrogen-bond donors (Lipinski definition) is 1. The summed E-state index contributed by atoms with van der Waals surface area (Å²) in [5.74, 6) is -0.149. The Bertz CT molecular complexity index is 1990. The molecule has 4 aromatic carbocycles. The first-order valence-electron chi connectivity index (χ1n) is 21.0. The van der Waals surface area contributed by atoms with Gasteiger partial charge in [0.1, 0.15) is 6.04 Å². The van der Waals surface area contributed by atoms with Crippen LogP contribution in [0.5, 0.6) is 0 Å². The van der Waals surface area contributed by atoms with Gasteiger partial charge < -0.3 is 29.6 Å². The Kier molecular flexibility index (Phi) is 14.6. The van der Waals surface area contributed by atoms with Gasteiger partial charge in [0, 0.05) is 110 Å². The number of piperazine rings is 2. The van der Waals surface area contributed by atoms with Crippen molar-refractivity contribution in [2.24, 2.45) is 0 Å². The maximum atomic E-state index is 14.8. The third kappa shape index (κ3) is 11.8. The summed E-state index contributed by atoms with van der Waals surface area (Å²) in [5, 5.41) is 9.32. The Morgan fingerprint density at radius 1 is 0.729 bits per heavy atom. The SMILES string of the molecule is CC(=O)N1CCN(c2ccc(CN(C(=O)C=Cc3ccc(C(C)(C)C)cc3)[C@@H](Cc3ccccc3)C(=O)N3CCN(Cc4ccc(N(C)CCO)cc4)CC3)cc2)CC1. The summed E-state index contributed by atoms with van der Waals surface area (Å²) in [4.78, 5) is 53.5. The number of nitrogens with zero attached hydrogens (tertiary/aromatic N) is 6. The van der Waals surface area contributed by atoms with Crippen LogP contribution in [0.4, 0.5) is 11.4 Å². The van der Waals surface area contributed by atoms with Gasteiger partial charge in [-0.05, 0) is 63.6 Å². The molecule has 2 heterocycles. The van der Waals surface area contributed by atoms with E-state index in [9.17, 15) is 19.5 Å². The molecule has 1 N–H and O–H groups in total. The van der Waals surface area contributed by atoms with E-state index in [2.05, 4.69) is 91.2 Å². The molecule has 0 spiro atoms. The summed E-state index contributed by atoms with van der Waals surface area (Å²) in [6.45, 7) is 15.5. The number of carbonyl (C=O) groups is 3. The molecular weight excluding hydrogens is 737 g/mol. The number of likely N-dealkylation sites (N-methyl/N-ethyl adjacent to an activating group) is 1. The summed E-state index contributed by atoms with van der Waals surface area (Å²) in [6.07, 6.45) is 3.87.